The molecular formula is C11H23N. The zero-order valence-corrected chi connectivity index (χ0v) is 8.98. The SMILES string of the molecule is CC1CCC(NC(C)(C)C)CC1. The maximum absolute atomic E-state index is 3.68. The minimum Gasteiger partial charge on any atom is -0.309 e. The number of rotatable bonds is 1. The summed E-state index contributed by atoms with van der Waals surface area (Å²) in [5.41, 5.74) is 0.297. The van der Waals surface area contributed by atoms with Gasteiger partial charge in [0.2, 0.25) is 0 Å². The first-order valence-electron chi connectivity index (χ1n) is 5.25. The van der Waals surface area contributed by atoms with E-state index >= 15 is 0 Å². The average molecular weight is 169 g/mol. The Kier molecular flexibility index (Phi) is 3.16. The fraction of sp³-hybridized carbons (Fsp3) is 1.00. The Balaban J connectivity index is 2.26. The van der Waals surface area contributed by atoms with E-state index in [-0.39, 0.29) is 0 Å². The van der Waals surface area contributed by atoms with Crippen LogP contribution in [0.2, 0.25) is 0 Å². The van der Waals surface area contributed by atoms with Crippen LogP contribution in [-0.4, -0.2) is 11.6 Å². The van der Waals surface area contributed by atoms with Crippen molar-refractivity contribution in [1.29, 1.82) is 0 Å². The lowest BCUT2D eigenvalue weighted by Gasteiger charge is -2.33. The standard InChI is InChI=1S/C11H23N/c1-9-5-7-10(8-6-9)12-11(2,3)4/h9-10,12H,5-8H2,1-4H3. The van der Waals surface area contributed by atoms with Crippen LogP contribution in [0.25, 0.3) is 0 Å². The third-order valence-electron chi connectivity index (χ3n) is 2.65. The van der Waals surface area contributed by atoms with Crippen molar-refractivity contribution in [1.82, 2.24) is 5.32 Å². The fourth-order valence-electron chi connectivity index (χ4n) is 2.02. The highest BCUT2D eigenvalue weighted by Crippen LogP contribution is 2.24. The third-order valence-corrected chi connectivity index (χ3v) is 2.65. The Morgan fingerprint density at radius 3 is 1.92 bits per heavy atom. The van der Waals surface area contributed by atoms with Gasteiger partial charge in [0.05, 0.1) is 0 Å². The topological polar surface area (TPSA) is 12.0 Å². The normalized spacial score (nSPS) is 32.0. The lowest BCUT2D eigenvalue weighted by Crippen LogP contribution is -2.45. The summed E-state index contributed by atoms with van der Waals surface area (Å²) in [6, 6.07) is 0.779. The maximum Gasteiger partial charge on any atom is 0.00990 e. The molecule has 1 aliphatic rings. The van der Waals surface area contributed by atoms with Crippen LogP contribution in [0.1, 0.15) is 53.4 Å². The van der Waals surface area contributed by atoms with Crippen molar-refractivity contribution in [3.63, 3.8) is 0 Å². The van der Waals surface area contributed by atoms with E-state index in [0.717, 1.165) is 12.0 Å². The Bertz CT molecular complexity index is 126. The van der Waals surface area contributed by atoms with E-state index in [0.29, 0.717) is 5.54 Å². The molecule has 0 aromatic heterocycles. The van der Waals surface area contributed by atoms with Crippen LogP contribution in [0.15, 0.2) is 0 Å². The summed E-state index contributed by atoms with van der Waals surface area (Å²) in [6.07, 6.45) is 5.57. The minimum atomic E-state index is 0.297. The number of nitrogens with one attached hydrogen (secondary N) is 1. The minimum absolute atomic E-state index is 0.297. The molecule has 0 heterocycles. The van der Waals surface area contributed by atoms with Gasteiger partial charge in [-0.05, 0) is 52.4 Å². The molecule has 0 amide bonds. The molecule has 0 aromatic carbocycles. The summed E-state index contributed by atoms with van der Waals surface area (Å²) >= 11 is 0. The Labute approximate surface area is 76.9 Å². The van der Waals surface area contributed by atoms with Crippen LogP contribution >= 0.6 is 0 Å². The predicted molar refractivity (Wildman–Crippen MR) is 54.3 cm³/mol. The molecule has 1 nitrogen and oxygen atoms in total. The van der Waals surface area contributed by atoms with Gasteiger partial charge in [-0.2, -0.15) is 0 Å². The van der Waals surface area contributed by atoms with Gasteiger partial charge in [-0.1, -0.05) is 6.92 Å². The first-order chi connectivity index (χ1) is 5.47. The zero-order chi connectivity index (χ0) is 9.19. The summed E-state index contributed by atoms with van der Waals surface area (Å²) in [5.74, 6) is 0.961. The highest BCUT2D eigenvalue weighted by Gasteiger charge is 2.21. The monoisotopic (exact) mass is 169 g/mol. The van der Waals surface area contributed by atoms with Gasteiger partial charge in [0.1, 0.15) is 0 Å². The second-order valence-electron chi connectivity index (χ2n) is 5.35. The summed E-state index contributed by atoms with van der Waals surface area (Å²) in [6.45, 7) is 9.13. The van der Waals surface area contributed by atoms with Crippen molar-refractivity contribution in [2.24, 2.45) is 5.92 Å². The van der Waals surface area contributed by atoms with Gasteiger partial charge in [0.25, 0.3) is 0 Å². The van der Waals surface area contributed by atoms with Crippen LogP contribution in [-0.2, 0) is 0 Å². The summed E-state index contributed by atoms with van der Waals surface area (Å²) in [7, 11) is 0. The first kappa shape index (κ1) is 10.0. The van der Waals surface area contributed by atoms with Crippen LogP contribution in [0.5, 0.6) is 0 Å². The molecule has 0 bridgehead atoms. The fourth-order valence-corrected chi connectivity index (χ4v) is 2.02. The van der Waals surface area contributed by atoms with Gasteiger partial charge < -0.3 is 5.32 Å². The van der Waals surface area contributed by atoms with Crippen LogP contribution in [0.3, 0.4) is 0 Å². The van der Waals surface area contributed by atoms with Gasteiger partial charge in [0.15, 0.2) is 0 Å². The molecule has 1 heteroatoms. The molecule has 0 saturated heterocycles. The summed E-state index contributed by atoms with van der Waals surface area (Å²) < 4.78 is 0. The summed E-state index contributed by atoms with van der Waals surface area (Å²) in [4.78, 5) is 0. The molecule has 1 aliphatic carbocycles. The van der Waals surface area contributed by atoms with Crippen molar-refractivity contribution >= 4 is 0 Å². The maximum atomic E-state index is 3.68. The van der Waals surface area contributed by atoms with Gasteiger partial charge in [-0.3, -0.25) is 0 Å². The number of hydrogen-bond donors (Lipinski definition) is 1. The van der Waals surface area contributed by atoms with E-state index in [1.165, 1.54) is 25.7 Å². The van der Waals surface area contributed by atoms with Crippen molar-refractivity contribution < 1.29 is 0 Å². The van der Waals surface area contributed by atoms with Gasteiger partial charge in [0, 0.05) is 11.6 Å². The molecule has 1 fully saturated rings. The molecule has 0 radical (unpaired) electrons. The van der Waals surface area contributed by atoms with E-state index in [1.807, 2.05) is 0 Å². The predicted octanol–water partition coefficient (Wildman–Crippen LogP) is 2.95. The molecule has 72 valence electrons. The molecule has 0 spiro atoms. The first-order valence-corrected chi connectivity index (χ1v) is 5.25. The molecule has 1 rings (SSSR count). The number of hydrogen-bond acceptors (Lipinski definition) is 1. The molecule has 0 atom stereocenters. The van der Waals surface area contributed by atoms with E-state index in [9.17, 15) is 0 Å². The highest BCUT2D eigenvalue weighted by molar-refractivity contribution is 4.81. The molecule has 0 aliphatic heterocycles. The molecule has 1 N–H and O–H groups in total. The molecule has 0 unspecified atom stereocenters. The van der Waals surface area contributed by atoms with E-state index in [2.05, 4.69) is 33.0 Å². The van der Waals surface area contributed by atoms with E-state index < -0.39 is 0 Å². The van der Waals surface area contributed by atoms with Crippen molar-refractivity contribution in [2.45, 2.75) is 65.0 Å². The van der Waals surface area contributed by atoms with Crippen LogP contribution < -0.4 is 5.32 Å². The Hall–Kier alpha value is -0.0400. The van der Waals surface area contributed by atoms with Crippen molar-refractivity contribution in [3.05, 3.63) is 0 Å². The van der Waals surface area contributed by atoms with Gasteiger partial charge in [-0.15, -0.1) is 0 Å². The Morgan fingerprint density at radius 1 is 1.00 bits per heavy atom. The quantitative estimate of drug-likeness (QED) is 0.636. The van der Waals surface area contributed by atoms with E-state index in [4.69, 9.17) is 0 Å². The smallest absolute Gasteiger partial charge is 0.00990 e. The lowest BCUT2D eigenvalue weighted by atomic mass is 9.86. The highest BCUT2D eigenvalue weighted by atomic mass is 15.0. The molecule has 1 saturated carbocycles. The van der Waals surface area contributed by atoms with Gasteiger partial charge >= 0.3 is 0 Å². The largest absolute Gasteiger partial charge is 0.309 e. The van der Waals surface area contributed by atoms with Gasteiger partial charge in [-0.25, -0.2) is 0 Å². The zero-order valence-electron chi connectivity index (χ0n) is 8.98. The average Bonchev–Trinajstić information content (AvgIpc) is 1.91. The van der Waals surface area contributed by atoms with Crippen molar-refractivity contribution in [2.75, 3.05) is 0 Å². The molecule has 0 aromatic rings. The van der Waals surface area contributed by atoms with E-state index in [1.54, 1.807) is 0 Å². The second kappa shape index (κ2) is 3.78. The molecule has 12 heavy (non-hydrogen) atoms. The van der Waals surface area contributed by atoms with Crippen LogP contribution in [0.4, 0.5) is 0 Å². The summed E-state index contributed by atoms with van der Waals surface area (Å²) in [5, 5.41) is 3.68. The second-order valence-corrected chi connectivity index (χ2v) is 5.35. The Morgan fingerprint density at radius 2 is 1.50 bits per heavy atom. The third kappa shape index (κ3) is 3.57. The van der Waals surface area contributed by atoms with Crippen LogP contribution in [0, 0.1) is 5.92 Å². The lowest BCUT2D eigenvalue weighted by molar-refractivity contribution is 0.259. The van der Waals surface area contributed by atoms with Crippen molar-refractivity contribution in [3.8, 4) is 0 Å². The molecular weight excluding hydrogens is 146 g/mol.